The number of nitrogens with one attached hydrogen (secondary N) is 1. The molecule has 0 aromatic heterocycles. The summed E-state index contributed by atoms with van der Waals surface area (Å²) in [6.45, 7) is 4.07. The van der Waals surface area contributed by atoms with Crippen LogP contribution >= 0.6 is 0 Å². The molecule has 1 heterocycles. The lowest BCUT2D eigenvalue weighted by atomic mass is 10.1. The Hall–Kier alpha value is -1.06. The van der Waals surface area contributed by atoms with Gasteiger partial charge >= 0.3 is 0 Å². The van der Waals surface area contributed by atoms with E-state index in [4.69, 9.17) is 0 Å². The van der Waals surface area contributed by atoms with E-state index in [9.17, 15) is 9.59 Å². The van der Waals surface area contributed by atoms with E-state index < -0.39 is 0 Å². The van der Waals surface area contributed by atoms with Crippen molar-refractivity contribution in [2.75, 3.05) is 19.6 Å². The summed E-state index contributed by atoms with van der Waals surface area (Å²) in [6, 6.07) is 0. The number of amides is 2. The molecular weight excluding hydrogens is 240 g/mol. The minimum atomic E-state index is 0.0613. The Morgan fingerprint density at radius 3 is 2.53 bits per heavy atom. The quantitative estimate of drug-likeness (QED) is 0.688. The Labute approximate surface area is 116 Å². The third-order valence-electron chi connectivity index (χ3n) is 3.66. The first kappa shape index (κ1) is 16.0. The normalized spacial score (nSPS) is 16.1. The molecular formula is C15H28N2O2. The second-order valence-electron chi connectivity index (χ2n) is 5.35. The van der Waals surface area contributed by atoms with E-state index in [0.29, 0.717) is 32.5 Å². The van der Waals surface area contributed by atoms with Crippen LogP contribution in [-0.4, -0.2) is 36.3 Å². The fraction of sp³-hybridized carbons (Fsp3) is 0.867. The minimum absolute atomic E-state index is 0.0613. The van der Waals surface area contributed by atoms with Gasteiger partial charge in [-0.25, -0.2) is 0 Å². The number of unbranched alkanes of at least 4 members (excludes halogenated alkanes) is 6. The molecule has 0 atom stereocenters. The highest BCUT2D eigenvalue weighted by Crippen LogP contribution is 2.10. The molecule has 4 heteroatoms. The summed E-state index contributed by atoms with van der Waals surface area (Å²) in [6.07, 6.45) is 9.70. The van der Waals surface area contributed by atoms with Crippen molar-refractivity contribution in [1.29, 1.82) is 0 Å². The van der Waals surface area contributed by atoms with Crippen molar-refractivity contribution in [3.8, 4) is 0 Å². The predicted octanol–water partition coefficient (Wildman–Crippen LogP) is 2.48. The Bertz CT molecular complexity index is 279. The number of hydrogen-bond donors (Lipinski definition) is 1. The molecule has 0 aromatic rings. The zero-order chi connectivity index (χ0) is 13.9. The molecule has 1 fully saturated rings. The lowest BCUT2D eigenvalue weighted by molar-refractivity contribution is -0.131. The van der Waals surface area contributed by atoms with Gasteiger partial charge in [-0.05, 0) is 6.42 Å². The van der Waals surface area contributed by atoms with E-state index in [1.54, 1.807) is 0 Å². The van der Waals surface area contributed by atoms with E-state index >= 15 is 0 Å². The van der Waals surface area contributed by atoms with Crippen molar-refractivity contribution in [3.63, 3.8) is 0 Å². The number of rotatable bonds is 8. The van der Waals surface area contributed by atoms with Crippen LogP contribution in [0, 0.1) is 0 Å². The van der Waals surface area contributed by atoms with Crippen molar-refractivity contribution < 1.29 is 9.59 Å². The van der Waals surface area contributed by atoms with Gasteiger partial charge in [-0.1, -0.05) is 45.4 Å². The van der Waals surface area contributed by atoms with E-state index in [1.807, 2.05) is 4.90 Å². The van der Waals surface area contributed by atoms with Crippen LogP contribution in [0.4, 0.5) is 0 Å². The maximum absolute atomic E-state index is 12.0. The molecule has 0 unspecified atom stereocenters. The Kier molecular flexibility index (Phi) is 8.26. The smallest absolute Gasteiger partial charge is 0.222 e. The molecule has 0 saturated carbocycles. The number of hydrogen-bond acceptors (Lipinski definition) is 2. The van der Waals surface area contributed by atoms with Crippen molar-refractivity contribution in [2.45, 2.75) is 64.7 Å². The third-order valence-corrected chi connectivity index (χ3v) is 3.66. The summed E-state index contributed by atoms with van der Waals surface area (Å²) >= 11 is 0. The molecule has 1 N–H and O–H groups in total. The summed E-state index contributed by atoms with van der Waals surface area (Å²) in [5, 5.41) is 2.79. The third kappa shape index (κ3) is 7.19. The second-order valence-corrected chi connectivity index (χ2v) is 5.35. The number of nitrogens with zero attached hydrogens (tertiary/aromatic N) is 1. The van der Waals surface area contributed by atoms with Gasteiger partial charge in [0.2, 0.25) is 11.8 Å². The summed E-state index contributed by atoms with van der Waals surface area (Å²) in [7, 11) is 0. The van der Waals surface area contributed by atoms with Crippen LogP contribution in [-0.2, 0) is 9.59 Å². The number of carbonyl (C=O) groups is 2. The predicted molar refractivity (Wildman–Crippen MR) is 76.8 cm³/mol. The van der Waals surface area contributed by atoms with Crippen LogP contribution in [0.15, 0.2) is 0 Å². The average molecular weight is 268 g/mol. The van der Waals surface area contributed by atoms with Crippen LogP contribution in [0.5, 0.6) is 0 Å². The highest BCUT2D eigenvalue weighted by Gasteiger charge is 2.17. The van der Waals surface area contributed by atoms with E-state index in [1.165, 1.54) is 32.1 Å². The largest absolute Gasteiger partial charge is 0.354 e. The lowest BCUT2D eigenvalue weighted by Gasteiger charge is -2.19. The maximum atomic E-state index is 12.0. The van der Waals surface area contributed by atoms with Crippen molar-refractivity contribution in [1.82, 2.24) is 10.2 Å². The second kappa shape index (κ2) is 9.82. The van der Waals surface area contributed by atoms with Gasteiger partial charge in [0.15, 0.2) is 0 Å². The van der Waals surface area contributed by atoms with Gasteiger partial charge in [0.25, 0.3) is 0 Å². The molecule has 19 heavy (non-hydrogen) atoms. The van der Waals surface area contributed by atoms with Gasteiger partial charge < -0.3 is 10.2 Å². The summed E-state index contributed by atoms with van der Waals surface area (Å²) < 4.78 is 0. The Morgan fingerprint density at radius 1 is 1.11 bits per heavy atom. The van der Waals surface area contributed by atoms with Gasteiger partial charge in [0.1, 0.15) is 0 Å². The van der Waals surface area contributed by atoms with Gasteiger partial charge in [0, 0.05) is 32.5 Å². The Morgan fingerprint density at radius 2 is 1.79 bits per heavy atom. The van der Waals surface area contributed by atoms with Gasteiger partial charge in [-0.3, -0.25) is 9.59 Å². The first-order valence-electron chi connectivity index (χ1n) is 7.78. The van der Waals surface area contributed by atoms with Crippen LogP contribution < -0.4 is 5.32 Å². The van der Waals surface area contributed by atoms with Crippen molar-refractivity contribution >= 4 is 11.8 Å². The van der Waals surface area contributed by atoms with Crippen LogP contribution in [0.2, 0.25) is 0 Å². The van der Waals surface area contributed by atoms with Gasteiger partial charge in [0.05, 0.1) is 0 Å². The van der Waals surface area contributed by atoms with E-state index in [2.05, 4.69) is 12.2 Å². The van der Waals surface area contributed by atoms with Gasteiger partial charge in [-0.15, -0.1) is 0 Å². The molecule has 2 amide bonds. The Balaban J connectivity index is 2.05. The molecule has 0 bridgehead atoms. The van der Waals surface area contributed by atoms with E-state index in [-0.39, 0.29) is 11.8 Å². The minimum Gasteiger partial charge on any atom is -0.354 e. The lowest BCUT2D eigenvalue weighted by Crippen LogP contribution is -2.34. The topological polar surface area (TPSA) is 49.4 Å². The molecule has 1 aliphatic rings. The zero-order valence-corrected chi connectivity index (χ0v) is 12.2. The van der Waals surface area contributed by atoms with Crippen LogP contribution in [0.25, 0.3) is 0 Å². The number of carbonyl (C=O) groups excluding carboxylic acids is 2. The van der Waals surface area contributed by atoms with E-state index in [0.717, 1.165) is 12.8 Å². The highest BCUT2D eigenvalue weighted by molar-refractivity contribution is 5.80. The molecule has 0 aliphatic carbocycles. The average Bonchev–Trinajstić information content (AvgIpc) is 2.62. The molecule has 0 radical (unpaired) electrons. The maximum Gasteiger partial charge on any atom is 0.222 e. The van der Waals surface area contributed by atoms with Crippen LogP contribution in [0.1, 0.15) is 64.7 Å². The summed E-state index contributed by atoms with van der Waals surface area (Å²) in [5.41, 5.74) is 0. The highest BCUT2D eigenvalue weighted by atomic mass is 16.2. The first-order valence-corrected chi connectivity index (χ1v) is 7.78. The van der Waals surface area contributed by atoms with Crippen molar-refractivity contribution in [3.05, 3.63) is 0 Å². The molecule has 1 saturated heterocycles. The first-order chi connectivity index (χ1) is 9.24. The molecule has 0 spiro atoms. The molecule has 110 valence electrons. The zero-order valence-electron chi connectivity index (χ0n) is 12.2. The van der Waals surface area contributed by atoms with Crippen molar-refractivity contribution in [2.24, 2.45) is 0 Å². The monoisotopic (exact) mass is 268 g/mol. The van der Waals surface area contributed by atoms with Gasteiger partial charge in [-0.2, -0.15) is 0 Å². The molecule has 1 aliphatic heterocycles. The SMILES string of the molecule is CCCCCCCCCC(=O)N1CCNC(=O)CC1. The molecule has 4 nitrogen and oxygen atoms in total. The molecule has 1 rings (SSSR count). The fourth-order valence-corrected chi connectivity index (χ4v) is 2.41. The summed E-state index contributed by atoms with van der Waals surface area (Å²) in [5.74, 6) is 0.274. The summed E-state index contributed by atoms with van der Waals surface area (Å²) in [4.78, 5) is 25.0. The fourth-order valence-electron chi connectivity index (χ4n) is 2.41. The van der Waals surface area contributed by atoms with Crippen LogP contribution in [0.3, 0.4) is 0 Å². The molecule has 0 aromatic carbocycles. The standard InChI is InChI=1S/C15H28N2O2/c1-2-3-4-5-6-7-8-9-15(19)17-12-10-14(18)16-11-13-17/h2-13H2,1H3,(H,16,18).